The molecule has 0 aliphatic heterocycles. The van der Waals surface area contributed by atoms with Crippen LogP contribution < -0.4 is 5.32 Å². The van der Waals surface area contributed by atoms with E-state index in [0.717, 1.165) is 47.6 Å². The van der Waals surface area contributed by atoms with Crippen molar-refractivity contribution >= 4 is 28.5 Å². The van der Waals surface area contributed by atoms with Crippen LogP contribution in [0.1, 0.15) is 90.0 Å². The van der Waals surface area contributed by atoms with Crippen LogP contribution in [-0.4, -0.2) is 37.8 Å². The molecule has 3 rings (SSSR count). The number of aliphatic hydroxyl groups excluding tert-OH is 1. The average Bonchev–Trinajstić information content (AvgIpc) is 3.59. The molecule has 3 N–H and O–H groups in total. The topological polar surface area (TPSA) is 86.6 Å². The molecule has 3 atom stereocenters. The number of hydrogen-bond donors (Lipinski definition) is 3. The maximum Gasteiger partial charge on any atom is 0.232 e. The summed E-state index contributed by atoms with van der Waals surface area (Å²) in [5, 5.41) is 25.7. The van der Waals surface area contributed by atoms with E-state index in [2.05, 4.69) is 12.2 Å². The number of unbranched alkanes of at least 4 members (excludes halogenated alkanes) is 1. The number of hydrogen-bond acceptors (Lipinski definition) is 5. The van der Waals surface area contributed by atoms with Crippen LogP contribution >= 0.6 is 11.8 Å². The predicted molar refractivity (Wildman–Crippen MR) is 145 cm³/mol. The molecule has 2 unspecified atom stereocenters. The Labute approximate surface area is 217 Å². The van der Waals surface area contributed by atoms with Gasteiger partial charge in [0.2, 0.25) is 5.91 Å². The first-order valence-electron chi connectivity index (χ1n) is 12.9. The predicted octanol–water partition coefficient (Wildman–Crippen LogP) is 5.76. The van der Waals surface area contributed by atoms with Crippen LogP contribution in [0.4, 0.5) is 0 Å². The van der Waals surface area contributed by atoms with Gasteiger partial charge in [-0.2, -0.15) is 0 Å². The SMILES string of the molecule is CCC/C=C(\NC(=O)[C@H](CC1CCCC1)c1ccc(S(=O)C2CC2)cc1)S/C=C(\C)C(C)(O)CO. The van der Waals surface area contributed by atoms with Crippen molar-refractivity contribution in [2.75, 3.05) is 6.61 Å². The first kappa shape index (κ1) is 28.2. The second-order valence-electron chi connectivity index (χ2n) is 10.2. The normalized spacial score (nSPS) is 20.9. The van der Waals surface area contributed by atoms with Gasteiger partial charge in [0.1, 0.15) is 5.60 Å². The number of carbonyl (C=O) groups is 1. The van der Waals surface area contributed by atoms with Crippen molar-refractivity contribution in [1.82, 2.24) is 5.32 Å². The highest BCUT2D eigenvalue weighted by atomic mass is 32.2. The number of thioether (sulfide) groups is 1. The molecule has 2 saturated carbocycles. The number of nitrogens with one attached hydrogen (secondary N) is 1. The van der Waals surface area contributed by atoms with Crippen molar-refractivity contribution in [3.8, 4) is 0 Å². The second-order valence-corrected chi connectivity index (χ2v) is 12.8. The molecule has 194 valence electrons. The summed E-state index contributed by atoms with van der Waals surface area (Å²) < 4.78 is 12.5. The third-order valence-corrected chi connectivity index (χ3v) is 9.89. The minimum absolute atomic E-state index is 0.0252. The number of benzene rings is 1. The molecular weight excluding hydrogens is 478 g/mol. The van der Waals surface area contributed by atoms with E-state index in [1.54, 1.807) is 19.3 Å². The van der Waals surface area contributed by atoms with Gasteiger partial charge >= 0.3 is 0 Å². The molecular formula is C28H41NO4S2. The van der Waals surface area contributed by atoms with Crippen LogP contribution in [0.2, 0.25) is 0 Å². The van der Waals surface area contributed by atoms with Gasteiger partial charge in [-0.1, -0.05) is 69.0 Å². The summed E-state index contributed by atoms with van der Waals surface area (Å²) >= 11 is 1.37. The first-order valence-corrected chi connectivity index (χ1v) is 15.0. The van der Waals surface area contributed by atoms with Crippen molar-refractivity contribution in [2.24, 2.45) is 5.92 Å². The van der Waals surface area contributed by atoms with E-state index in [1.807, 2.05) is 30.3 Å². The van der Waals surface area contributed by atoms with Crippen LogP contribution in [0.3, 0.4) is 0 Å². The zero-order valence-corrected chi connectivity index (χ0v) is 22.9. The van der Waals surface area contributed by atoms with Gasteiger partial charge in [-0.3, -0.25) is 9.00 Å². The van der Waals surface area contributed by atoms with Gasteiger partial charge in [0, 0.05) is 10.1 Å². The average molecular weight is 520 g/mol. The van der Waals surface area contributed by atoms with E-state index in [0.29, 0.717) is 16.7 Å². The summed E-state index contributed by atoms with van der Waals surface area (Å²) in [6, 6.07) is 7.84. The Morgan fingerprint density at radius 3 is 2.46 bits per heavy atom. The Hall–Kier alpha value is -1.41. The number of aliphatic hydroxyl groups is 2. The minimum atomic E-state index is -1.29. The lowest BCUT2D eigenvalue weighted by Crippen LogP contribution is -2.30. The van der Waals surface area contributed by atoms with Gasteiger partial charge in [0.15, 0.2) is 0 Å². The molecule has 0 aromatic heterocycles. The van der Waals surface area contributed by atoms with Crippen molar-refractivity contribution < 1.29 is 19.2 Å². The summed E-state index contributed by atoms with van der Waals surface area (Å²) in [5.74, 6) is 0.254. The molecule has 35 heavy (non-hydrogen) atoms. The molecule has 0 saturated heterocycles. The molecule has 0 bridgehead atoms. The number of allylic oxidation sites excluding steroid dienone is 1. The maximum absolute atomic E-state index is 13.6. The molecule has 0 spiro atoms. The van der Waals surface area contributed by atoms with Gasteiger partial charge in [-0.05, 0) is 74.1 Å². The number of rotatable bonds is 13. The van der Waals surface area contributed by atoms with E-state index >= 15 is 0 Å². The lowest BCUT2D eigenvalue weighted by Gasteiger charge is -2.23. The Morgan fingerprint density at radius 2 is 1.89 bits per heavy atom. The van der Waals surface area contributed by atoms with Crippen molar-refractivity contribution in [3.63, 3.8) is 0 Å². The smallest absolute Gasteiger partial charge is 0.232 e. The quantitative estimate of drug-likeness (QED) is 0.309. The zero-order chi connectivity index (χ0) is 25.4. The van der Waals surface area contributed by atoms with E-state index in [1.165, 1.54) is 37.4 Å². The molecule has 0 heterocycles. The summed E-state index contributed by atoms with van der Waals surface area (Å²) in [5.41, 5.74) is 0.323. The number of carbonyl (C=O) groups excluding carboxylic acids is 1. The third kappa shape index (κ3) is 8.31. The second kappa shape index (κ2) is 13.2. The van der Waals surface area contributed by atoms with Crippen LogP contribution in [-0.2, 0) is 15.6 Å². The van der Waals surface area contributed by atoms with E-state index in [4.69, 9.17) is 0 Å². The van der Waals surface area contributed by atoms with Crippen LogP contribution in [0.5, 0.6) is 0 Å². The lowest BCUT2D eigenvalue weighted by molar-refractivity contribution is -0.122. The third-order valence-electron chi connectivity index (χ3n) is 7.09. The summed E-state index contributed by atoms with van der Waals surface area (Å²) in [7, 11) is -0.946. The van der Waals surface area contributed by atoms with Gasteiger partial charge in [-0.25, -0.2) is 0 Å². The monoisotopic (exact) mass is 519 g/mol. The van der Waals surface area contributed by atoms with E-state index in [9.17, 15) is 19.2 Å². The highest BCUT2D eigenvalue weighted by Gasteiger charge is 2.30. The lowest BCUT2D eigenvalue weighted by atomic mass is 9.87. The summed E-state index contributed by atoms with van der Waals surface area (Å²) in [6.45, 7) is 5.08. The highest BCUT2D eigenvalue weighted by molar-refractivity contribution is 8.05. The maximum atomic E-state index is 13.6. The molecule has 1 amide bonds. The fourth-order valence-corrected chi connectivity index (χ4v) is 6.58. The van der Waals surface area contributed by atoms with Gasteiger partial charge in [0.25, 0.3) is 0 Å². The van der Waals surface area contributed by atoms with Crippen LogP contribution in [0.15, 0.2) is 51.2 Å². The fraction of sp³-hybridized carbons (Fsp3) is 0.607. The minimum Gasteiger partial charge on any atom is -0.393 e. The van der Waals surface area contributed by atoms with Crippen molar-refractivity contribution in [3.05, 3.63) is 51.9 Å². The molecule has 7 heteroatoms. The Balaban J connectivity index is 1.77. The molecule has 2 fully saturated rings. The summed E-state index contributed by atoms with van der Waals surface area (Å²) in [6.07, 6.45) is 11.5. The highest BCUT2D eigenvalue weighted by Crippen LogP contribution is 2.36. The molecule has 1 aromatic rings. The Morgan fingerprint density at radius 1 is 1.23 bits per heavy atom. The largest absolute Gasteiger partial charge is 0.393 e. The first-order chi connectivity index (χ1) is 16.7. The van der Waals surface area contributed by atoms with Crippen LogP contribution in [0.25, 0.3) is 0 Å². The van der Waals surface area contributed by atoms with Crippen LogP contribution in [0, 0.1) is 5.92 Å². The standard InChI is InChI=1S/C28H41NO4S2/c1-4-5-10-26(34-18-20(2)28(3,32)19-30)29-27(31)25(17-21-8-6-7-9-21)22-11-13-23(14-12-22)35(33)24-15-16-24/h10-14,18,21,24-25,30,32H,4-9,15-17,19H2,1-3H3,(H,29,31)/b20-18+,26-10+/t25-,28?,35?/m1/s1. The Bertz CT molecular complexity index is 929. The molecule has 1 aromatic carbocycles. The fourth-order valence-electron chi connectivity index (χ4n) is 4.30. The molecule has 2 aliphatic rings. The van der Waals surface area contributed by atoms with Gasteiger partial charge < -0.3 is 15.5 Å². The molecule has 0 radical (unpaired) electrons. The van der Waals surface area contributed by atoms with Crippen molar-refractivity contribution in [1.29, 1.82) is 0 Å². The van der Waals surface area contributed by atoms with E-state index in [-0.39, 0.29) is 18.4 Å². The van der Waals surface area contributed by atoms with Crippen molar-refractivity contribution in [2.45, 2.75) is 100 Å². The van der Waals surface area contributed by atoms with E-state index < -0.39 is 16.4 Å². The summed E-state index contributed by atoms with van der Waals surface area (Å²) in [4.78, 5) is 14.5. The number of amides is 1. The van der Waals surface area contributed by atoms with Gasteiger partial charge in [-0.15, -0.1) is 0 Å². The molecule has 5 nitrogen and oxygen atoms in total. The van der Waals surface area contributed by atoms with Gasteiger partial charge in [0.05, 0.1) is 28.4 Å². The zero-order valence-electron chi connectivity index (χ0n) is 21.3. The Kier molecular flexibility index (Phi) is 10.6. The molecule has 2 aliphatic carbocycles.